The van der Waals surface area contributed by atoms with E-state index in [0.717, 1.165) is 53.4 Å². The summed E-state index contributed by atoms with van der Waals surface area (Å²) in [5.74, 6) is -0.540. The topological polar surface area (TPSA) is 68.9 Å². The van der Waals surface area contributed by atoms with Crippen molar-refractivity contribution in [2.45, 2.75) is 77.5 Å². The first-order valence-electron chi connectivity index (χ1n) is 15.6. The van der Waals surface area contributed by atoms with E-state index in [0.29, 0.717) is 17.7 Å². The highest BCUT2D eigenvalue weighted by Crippen LogP contribution is 2.40. The van der Waals surface area contributed by atoms with Gasteiger partial charge in [-0.15, -0.1) is 0 Å². The summed E-state index contributed by atoms with van der Waals surface area (Å²) in [7, 11) is 0. The van der Waals surface area contributed by atoms with Crippen molar-refractivity contribution in [3.05, 3.63) is 77.1 Å². The summed E-state index contributed by atoms with van der Waals surface area (Å²) in [5.41, 5.74) is 4.48. The zero-order valence-corrected chi connectivity index (χ0v) is 25.5. The third-order valence-corrected chi connectivity index (χ3v) is 9.12. The second-order valence-electron chi connectivity index (χ2n) is 13.2. The number of rotatable bonds is 6. The predicted molar refractivity (Wildman–Crippen MR) is 167 cm³/mol. The molecule has 2 saturated heterocycles. The number of aromatic amines is 1. The molecule has 1 amide bonds. The molecule has 2 aromatic carbocycles. The minimum atomic E-state index is -0.431. The molecule has 3 aliphatic heterocycles. The average Bonchev–Trinajstić information content (AvgIpc) is 3.62. The molecular weight excluding hydrogens is 524 g/mol. The van der Waals surface area contributed by atoms with Crippen LogP contribution in [0.25, 0.3) is 16.5 Å². The fraction of sp³-hybridized carbons (Fsp3) is 0.486. The monoisotopic (exact) mass is 568 g/mol. The summed E-state index contributed by atoms with van der Waals surface area (Å²) in [4.78, 5) is 37.9. The maximum Gasteiger partial charge on any atom is 0.342 e. The Balaban J connectivity index is 1.25. The average molecular weight is 569 g/mol. The number of hydrogen-bond acceptors (Lipinski definition) is 5. The summed E-state index contributed by atoms with van der Waals surface area (Å²) in [5, 5.41) is 1.06. The molecule has 0 bridgehead atoms. The van der Waals surface area contributed by atoms with Crippen molar-refractivity contribution in [3.63, 3.8) is 0 Å². The van der Waals surface area contributed by atoms with Gasteiger partial charge in [-0.05, 0) is 95.0 Å². The fourth-order valence-electron chi connectivity index (χ4n) is 7.16. The second kappa shape index (κ2) is 11.7. The molecule has 1 N–H and O–H groups in total. The number of aromatic nitrogens is 1. The van der Waals surface area contributed by atoms with Crippen molar-refractivity contribution in [3.8, 4) is 0 Å². The first-order chi connectivity index (χ1) is 20.2. The van der Waals surface area contributed by atoms with E-state index < -0.39 is 11.4 Å². The van der Waals surface area contributed by atoms with Gasteiger partial charge in [0.15, 0.2) is 0 Å². The van der Waals surface area contributed by atoms with Gasteiger partial charge in [-0.1, -0.05) is 44.2 Å². The Bertz CT molecular complexity index is 1490. The van der Waals surface area contributed by atoms with Crippen LogP contribution < -0.4 is 0 Å². The summed E-state index contributed by atoms with van der Waals surface area (Å²) in [6.07, 6.45) is 6.54. The third kappa shape index (κ3) is 5.77. The first kappa shape index (κ1) is 28.7. The lowest BCUT2D eigenvalue weighted by Crippen LogP contribution is -2.43. The molecule has 2 fully saturated rings. The maximum absolute atomic E-state index is 14.1. The zero-order chi connectivity index (χ0) is 29.4. The molecule has 0 radical (unpaired) electrons. The Morgan fingerprint density at radius 1 is 1.00 bits per heavy atom. The van der Waals surface area contributed by atoms with Crippen LogP contribution in [0.5, 0.6) is 0 Å². The number of carbonyl (C=O) groups is 2. The summed E-state index contributed by atoms with van der Waals surface area (Å²) < 4.78 is 5.67. The standard InChI is InChI=1S/C35H44N4O3/c1-24(2)42-34(41)29-22-39(23-35(3,4)31-28-12-5-6-13-30(28)36-32(29)31)33(40)26-11-9-10-25(20-26)21-37-18-14-27(15-19-37)38-16-7-8-17-38/h5-6,9-13,20,22,24,27,36H,7-8,14-19,21,23H2,1-4H3. The summed E-state index contributed by atoms with van der Waals surface area (Å²) >= 11 is 0. The summed E-state index contributed by atoms with van der Waals surface area (Å²) in [6.45, 7) is 13.9. The molecule has 0 atom stereocenters. The fourth-order valence-corrected chi connectivity index (χ4v) is 7.16. The number of benzene rings is 2. The molecule has 0 unspecified atom stereocenters. The molecule has 42 heavy (non-hydrogen) atoms. The van der Waals surface area contributed by atoms with Crippen LogP contribution in [0.4, 0.5) is 0 Å². The number of ether oxygens (including phenoxy) is 1. The highest BCUT2D eigenvalue weighted by molar-refractivity contribution is 6.18. The van der Waals surface area contributed by atoms with Gasteiger partial charge in [0.1, 0.15) is 0 Å². The molecule has 0 aliphatic carbocycles. The maximum atomic E-state index is 14.1. The highest BCUT2D eigenvalue weighted by atomic mass is 16.5. The van der Waals surface area contributed by atoms with Crippen LogP contribution in [0.15, 0.2) is 54.7 Å². The van der Waals surface area contributed by atoms with Gasteiger partial charge in [-0.25, -0.2) is 4.79 Å². The molecule has 6 rings (SSSR count). The predicted octanol–water partition coefficient (Wildman–Crippen LogP) is 5.95. The smallest absolute Gasteiger partial charge is 0.342 e. The number of fused-ring (bicyclic) bond motifs is 3. The van der Waals surface area contributed by atoms with Gasteiger partial charge < -0.3 is 19.5 Å². The molecule has 222 valence electrons. The van der Waals surface area contributed by atoms with Gasteiger partial charge in [-0.2, -0.15) is 0 Å². The van der Waals surface area contributed by atoms with Crippen LogP contribution in [-0.4, -0.2) is 76.4 Å². The van der Waals surface area contributed by atoms with E-state index >= 15 is 0 Å². The Kier molecular flexibility index (Phi) is 7.99. The molecular formula is C35H44N4O3. The highest BCUT2D eigenvalue weighted by Gasteiger charge is 2.37. The number of esters is 1. The van der Waals surface area contributed by atoms with E-state index in [1.165, 1.54) is 38.8 Å². The van der Waals surface area contributed by atoms with Crippen LogP contribution in [0.3, 0.4) is 0 Å². The largest absolute Gasteiger partial charge is 0.459 e. The second-order valence-corrected chi connectivity index (χ2v) is 13.2. The van der Waals surface area contributed by atoms with Crippen molar-refractivity contribution in [2.75, 3.05) is 32.7 Å². The normalized spacial score (nSPS) is 20.0. The van der Waals surface area contributed by atoms with Crippen LogP contribution in [0, 0.1) is 0 Å². The van der Waals surface area contributed by atoms with Gasteiger partial charge in [0.2, 0.25) is 0 Å². The van der Waals surface area contributed by atoms with Gasteiger partial charge >= 0.3 is 5.97 Å². The van der Waals surface area contributed by atoms with E-state index in [9.17, 15) is 9.59 Å². The minimum Gasteiger partial charge on any atom is -0.459 e. The van der Waals surface area contributed by atoms with Gasteiger partial charge in [0, 0.05) is 47.2 Å². The summed E-state index contributed by atoms with van der Waals surface area (Å²) in [6, 6.07) is 16.8. The number of hydrogen-bond donors (Lipinski definition) is 1. The van der Waals surface area contributed by atoms with Crippen LogP contribution in [0.2, 0.25) is 0 Å². The molecule has 3 aromatic rings. The molecule has 3 aliphatic rings. The van der Waals surface area contributed by atoms with Crippen molar-refractivity contribution >= 4 is 28.4 Å². The number of amides is 1. The molecule has 4 heterocycles. The molecule has 7 nitrogen and oxygen atoms in total. The number of nitrogens with zero attached hydrogens (tertiary/aromatic N) is 3. The molecule has 0 saturated carbocycles. The lowest BCUT2D eigenvalue weighted by atomic mass is 9.81. The van der Waals surface area contributed by atoms with Crippen molar-refractivity contribution in [1.82, 2.24) is 19.7 Å². The lowest BCUT2D eigenvalue weighted by Gasteiger charge is -2.36. The number of nitrogens with one attached hydrogen (secondary N) is 1. The Morgan fingerprint density at radius 3 is 2.48 bits per heavy atom. The molecule has 0 spiro atoms. The lowest BCUT2D eigenvalue weighted by molar-refractivity contribution is -0.140. The quantitative estimate of drug-likeness (QED) is 0.372. The van der Waals surface area contributed by atoms with Gasteiger partial charge in [0.05, 0.1) is 17.4 Å². The van der Waals surface area contributed by atoms with Gasteiger partial charge in [0.25, 0.3) is 5.91 Å². The Morgan fingerprint density at radius 2 is 1.74 bits per heavy atom. The van der Waals surface area contributed by atoms with E-state index in [1.807, 2.05) is 50.2 Å². The Hall–Kier alpha value is -3.42. The SMILES string of the molecule is CC(C)OC(=O)C1=CN(C(=O)c2cccc(CN3CCC(N4CCCC4)CC3)c2)CC(C)(C)c2c1[nH]c1ccccc21. The van der Waals surface area contributed by atoms with Crippen LogP contribution >= 0.6 is 0 Å². The third-order valence-electron chi connectivity index (χ3n) is 9.12. The molecule has 7 heteroatoms. The van der Waals surface area contributed by atoms with Crippen LogP contribution in [-0.2, 0) is 21.5 Å². The minimum absolute atomic E-state index is 0.109. The van der Waals surface area contributed by atoms with Crippen molar-refractivity contribution < 1.29 is 14.3 Å². The van der Waals surface area contributed by atoms with Crippen molar-refractivity contribution in [1.29, 1.82) is 0 Å². The zero-order valence-electron chi connectivity index (χ0n) is 25.5. The van der Waals surface area contributed by atoms with E-state index in [1.54, 1.807) is 11.1 Å². The number of carbonyl (C=O) groups excluding carboxylic acids is 2. The van der Waals surface area contributed by atoms with E-state index in [4.69, 9.17) is 4.74 Å². The van der Waals surface area contributed by atoms with E-state index in [-0.39, 0.29) is 12.0 Å². The molecule has 1 aromatic heterocycles. The van der Waals surface area contributed by atoms with Crippen molar-refractivity contribution in [2.24, 2.45) is 0 Å². The van der Waals surface area contributed by atoms with Crippen LogP contribution in [0.1, 0.15) is 80.6 Å². The Labute approximate surface area is 249 Å². The first-order valence-corrected chi connectivity index (χ1v) is 15.6. The number of para-hydroxylation sites is 1. The number of piperidine rings is 1. The number of likely N-dealkylation sites (tertiary alicyclic amines) is 2. The van der Waals surface area contributed by atoms with E-state index in [2.05, 4.69) is 40.8 Å². The van der Waals surface area contributed by atoms with Gasteiger partial charge in [-0.3, -0.25) is 9.69 Å². The number of H-pyrrole nitrogens is 1.